The smallest absolute Gasteiger partial charge is 0.341 e. The molecule has 4 rings (SSSR count). The van der Waals surface area contributed by atoms with Crippen molar-refractivity contribution in [1.29, 1.82) is 0 Å². The Labute approximate surface area is 166 Å². The second-order valence-electron chi connectivity index (χ2n) is 6.45. The summed E-state index contributed by atoms with van der Waals surface area (Å²) in [5, 5.41) is 10.8. The first kappa shape index (κ1) is 18.5. The molecule has 0 radical (unpaired) electrons. The van der Waals surface area contributed by atoms with Gasteiger partial charge in [0, 0.05) is 0 Å². The molecular weight excluding hydrogens is 371 g/mol. The van der Waals surface area contributed by atoms with E-state index in [2.05, 4.69) is 0 Å². The SMILES string of the molecule is O=C(O)COc1ccc2cccc(-c3ccc(Oc4ccc(F)cc4)cc3)c2c1. The van der Waals surface area contributed by atoms with E-state index in [4.69, 9.17) is 14.6 Å². The standard InChI is InChI=1S/C24H17FO4/c25-18-7-12-20(13-8-18)29-19-9-4-17(5-10-19)22-3-1-2-16-6-11-21(14-23(16)22)28-15-24(26)27/h1-14H,15H2,(H,26,27). The summed E-state index contributed by atoms with van der Waals surface area (Å²) in [4.78, 5) is 10.7. The molecule has 0 saturated heterocycles. The van der Waals surface area contributed by atoms with Gasteiger partial charge in [-0.05, 0) is 70.4 Å². The summed E-state index contributed by atoms with van der Waals surface area (Å²) in [5.74, 6) is 0.379. The first-order valence-electron chi connectivity index (χ1n) is 9.00. The summed E-state index contributed by atoms with van der Waals surface area (Å²) in [7, 11) is 0. The number of aliphatic carboxylic acids is 1. The van der Waals surface area contributed by atoms with Gasteiger partial charge < -0.3 is 14.6 Å². The Bertz CT molecular complexity index is 1150. The number of carbonyl (C=O) groups is 1. The maximum Gasteiger partial charge on any atom is 0.341 e. The van der Waals surface area contributed by atoms with Crippen LogP contribution in [0.25, 0.3) is 21.9 Å². The van der Waals surface area contributed by atoms with Crippen LogP contribution in [0.3, 0.4) is 0 Å². The molecule has 0 heterocycles. The van der Waals surface area contributed by atoms with Gasteiger partial charge in [-0.25, -0.2) is 9.18 Å². The molecule has 0 aliphatic heterocycles. The first-order valence-corrected chi connectivity index (χ1v) is 9.00. The Kier molecular flexibility index (Phi) is 5.12. The molecule has 0 unspecified atom stereocenters. The van der Waals surface area contributed by atoms with Crippen molar-refractivity contribution in [3.8, 4) is 28.4 Å². The van der Waals surface area contributed by atoms with Crippen molar-refractivity contribution in [1.82, 2.24) is 0 Å². The Morgan fingerprint density at radius 3 is 2.17 bits per heavy atom. The molecule has 0 aromatic heterocycles. The molecule has 4 aromatic carbocycles. The molecule has 0 atom stereocenters. The predicted molar refractivity (Wildman–Crippen MR) is 109 cm³/mol. The van der Waals surface area contributed by atoms with Crippen LogP contribution >= 0.6 is 0 Å². The van der Waals surface area contributed by atoms with Crippen molar-refractivity contribution < 1.29 is 23.8 Å². The molecule has 0 amide bonds. The molecule has 0 aliphatic carbocycles. The molecule has 0 spiro atoms. The van der Waals surface area contributed by atoms with Gasteiger partial charge in [0.1, 0.15) is 23.1 Å². The molecule has 144 valence electrons. The zero-order valence-corrected chi connectivity index (χ0v) is 15.3. The zero-order chi connectivity index (χ0) is 20.2. The van der Waals surface area contributed by atoms with Crippen LogP contribution in [0.1, 0.15) is 0 Å². The second-order valence-corrected chi connectivity index (χ2v) is 6.45. The van der Waals surface area contributed by atoms with Gasteiger partial charge >= 0.3 is 5.97 Å². The predicted octanol–water partition coefficient (Wildman–Crippen LogP) is 5.90. The quantitative estimate of drug-likeness (QED) is 0.447. The number of hydrogen-bond acceptors (Lipinski definition) is 3. The van der Waals surface area contributed by atoms with Crippen molar-refractivity contribution in [2.24, 2.45) is 0 Å². The largest absolute Gasteiger partial charge is 0.482 e. The van der Waals surface area contributed by atoms with Crippen molar-refractivity contribution in [3.63, 3.8) is 0 Å². The Hall–Kier alpha value is -3.86. The van der Waals surface area contributed by atoms with Crippen molar-refractivity contribution in [2.75, 3.05) is 6.61 Å². The highest BCUT2D eigenvalue weighted by atomic mass is 19.1. The van der Waals surface area contributed by atoms with E-state index in [-0.39, 0.29) is 12.4 Å². The first-order chi connectivity index (χ1) is 14.1. The third kappa shape index (κ3) is 4.35. The summed E-state index contributed by atoms with van der Waals surface area (Å²) >= 11 is 0. The van der Waals surface area contributed by atoms with Crippen LogP contribution in [0.2, 0.25) is 0 Å². The number of halogens is 1. The van der Waals surface area contributed by atoms with Gasteiger partial charge in [0.25, 0.3) is 0 Å². The van der Waals surface area contributed by atoms with Crippen LogP contribution in [-0.4, -0.2) is 17.7 Å². The van der Waals surface area contributed by atoms with Crippen LogP contribution in [0, 0.1) is 5.82 Å². The minimum absolute atomic E-state index is 0.310. The topological polar surface area (TPSA) is 55.8 Å². The normalized spacial score (nSPS) is 10.7. The monoisotopic (exact) mass is 388 g/mol. The van der Waals surface area contributed by atoms with Crippen molar-refractivity contribution in [2.45, 2.75) is 0 Å². The molecule has 0 bridgehead atoms. The minimum Gasteiger partial charge on any atom is -0.482 e. The van der Waals surface area contributed by atoms with Gasteiger partial charge in [0.15, 0.2) is 6.61 Å². The number of fused-ring (bicyclic) bond motifs is 1. The summed E-state index contributed by atoms with van der Waals surface area (Å²) in [6, 6.07) is 24.9. The molecule has 4 nitrogen and oxygen atoms in total. The highest BCUT2D eigenvalue weighted by Gasteiger charge is 2.07. The van der Waals surface area contributed by atoms with E-state index in [0.717, 1.165) is 21.9 Å². The average molecular weight is 388 g/mol. The van der Waals surface area contributed by atoms with E-state index in [9.17, 15) is 9.18 Å². The molecule has 0 saturated carbocycles. The lowest BCUT2D eigenvalue weighted by molar-refractivity contribution is -0.139. The van der Waals surface area contributed by atoms with Gasteiger partial charge in [-0.3, -0.25) is 0 Å². The maximum absolute atomic E-state index is 13.0. The van der Waals surface area contributed by atoms with Crippen molar-refractivity contribution in [3.05, 3.63) is 90.7 Å². The fourth-order valence-electron chi connectivity index (χ4n) is 3.08. The summed E-state index contributed by atoms with van der Waals surface area (Å²) in [5.41, 5.74) is 1.98. The summed E-state index contributed by atoms with van der Waals surface area (Å²) < 4.78 is 24.1. The van der Waals surface area contributed by atoms with E-state index in [1.807, 2.05) is 54.6 Å². The highest BCUT2D eigenvalue weighted by Crippen LogP contribution is 2.33. The molecule has 0 aliphatic rings. The molecule has 29 heavy (non-hydrogen) atoms. The van der Waals surface area contributed by atoms with Crippen molar-refractivity contribution >= 4 is 16.7 Å². The van der Waals surface area contributed by atoms with Gasteiger partial charge in [-0.2, -0.15) is 0 Å². The van der Waals surface area contributed by atoms with Crippen LogP contribution < -0.4 is 9.47 Å². The molecular formula is C24H17FO4. The average Bonchev–Trinajstić information content (AvgIpc) is 2.74. The number of hydrogen-bond donors (Lipinski definition) is 1. The number of rotatable bonds is 6. The molecule has 0 fully saturated rings. The third-order valence-electron chi connectivity index (χ3n) is 4.43. The number of carboxylic acids is 1. The van der Waals surface area contributed by atoms with E-state index >= 15 is 0 Å². The fourth-order valence-corrected chi connectivity index (χ4v) is 3.08. The van der Waals surface area contributed by atoms with Gasteiger partial charge in [-0.15, -0.1) is 0 Å². The number of ether oxygens (including phenoxy) is 2. The fraction of sp³-hybridized carbons (Fsp3) is 0.0417. The van der Waals surface area contributed by atoms with Crippen LogP contribution in [0.5, 0.6) is 17.2 Å². The third-order valence-corrected chi connectivity index (χ3v) is 4.43. The number of benzene rings is 4. The van der Waals surface area contributed by atoms with Crippen LogP contribution in [0.15, 0.2) is 84.9 Å². The van der Waals surface area contributed by atoms with Gasteiger partial charge in [0.2, 0.25) is 0 Å². The molecule has 5 heteroatoms. The zero-order valence-electron chi connectivity index (χ0n) is 15.3. The molecule has 4 aromatic rings. The Balaban J connectivity index is 1.62. The Morgan fingerprint density at radius 1 is 0.828 bits per heavy atom. The molecule has 1 N–H and O–H groups in total. The second kappa shape index (κ2) is 8.02. The highest BCUT2D eigenvalue weighted by molar-refractivity contribution is 5.97. The van der Waals surface area contributed by atoms with Crippen LogP contribution in [0.4, 0.5) is 4.39 Å². The van der Waals surface area contributed by atoms with Gasteiger partial charge in [0.05, 0.1) is 0 Å². The van der Waals surface area contributed by atoms with Gasteiger partial charge in [-0.1, -0.05) is 36.4 Å². The van der Waals surface area contributed by atoms with E-state index < -0.39 is 5.97 Å². The van der Waals surface area contributed by atoms with E-state index in [1.165, 1.54) is 12.1 Å². The maximum atomic E-state index is 13.0. The van der Waals surface area contributed by atoms with E-state index in [1.54, 1.807) is 18.2 Å². The lowest BCUT2D eigenvalue weighted by Gasteiger charge is -2.11. The minimum atomic E-state index is -1.02. The summed E-state index contributed by atoms with van der Waals surface area (Å²) in [6.07, 6.45) is 0. The Morgan fingerprint density at radius 2 is 1.48 bits per heavy atom. The lowest BCUT2D eigenvalue weighted by atomic mass is 9.98. The van der Waals surface area contributed by atoms with E-state index in [0.29, 0.717) is 17.2 Å². The lowest BCUT2D eigenvalue weighted by Crippen LogP contribution is -2.09. The number of carboxylic acid groups (broad SMARTS) is 1. The van der Waals surface area contributed by atoms with Crippen LogP contribution in [-0.2, 0) is 4.79 Å². The summed E-state index contributed by atoms with van der Waals surface area (Å²) in [6.45, 7) is -0.386.